The van der Waals surface area contributed by atoms with Crippen LogP contribution in [0.4, 0.5) is 0 Å². The minimum Gasteiger partial charge on any atom is -0.391 e. The van der Waals surface area contributed by atoms with Crippen LogP contribution in [-0.4, -0.2) is 60.3 Å². The molecular weight excluding hydrogens is 212 g/mol. The van der Waals surface area contributed by atoms with Crippen LogP contribution in [0.1, 0.15) is 39.5 Å². The Bertz CT molecular complexity index is 267. The van der Waals surface area contributed by atoms with Gasteiger partial charge >= 0.3 is 0 Å². The van der Waals surface area contributed by atoms with Gasteiger partial charge in [-0.25, -0.2) is 0 Å². The molecule has 0 aromatic heterocycles. The van der Waals surface area contributed by atoms with Gasteiger partial charge in [0.1, 0.15) is 0 Å². The van der Waals surface area contributed by atoms with Crippen molar-refractivity contribution < 1.29 is 5.11 Å². The van der Waals surface area contributed by atoms with Crippen molar-refractivity contribution in [2.75, 3.05) is 27.2 Å². The monoisotopic (exact) mass is 240 g/mol. The van der Waals surface area contributed by atoms with Crippen LogP contribution in [-0.2, 0) is 0 Å². The summed E-state index contributed by atoms with van der Waals surface area (Å²) in [6, 6.07) is 1.05. The summed E-state index contributed by atoms with van der Waals surface area (Å²) < 4.78 is 0. The fourth-order valence-corrected chi connectivity index (χ4v) is 3.49. The molecule has 0 spiro atoms. The van der Waals surface area contributed by atoms with Crippen molar-refractivity contribution in [1.82, 2.24) is 9.80 Å². The first-order chi connectivity index (χ1) is 7.92. The van der Waals surface area contributed by atoms with E-state index in [9.17, 15) is 5.11 Å². The third-order valence-corrected chi connectivity index (χ3v) is 4.99. The molecule has 0 radical (unpaired) electrons. The highest BCUT2D eigenvalue weighted by Crippen LogP contribution is 2.39. The van der Waals surface area contributed by atoms with Crippen LogP contribution >= 0.6 is 0 Å². The van der Waals surface area contributed by atoms with Gasteiger partial charge in [0, 0.05) is 18.6 Å². The smallest absolute Gasteiger partial charge is 0.0746 e. The predicted octanol–water partition coefficient (Wildman–Crippen LogP) is 1.56. The Morgan fingerprint density at radius 1 is 1.35 bits per heavy atom. The Labute approximate surface area is 106 Å². The molecular formula is C14H28N2O. The Balaban J connectivity index is 1.90. The second-order valence-corrected chi connectivity index (χ2v) is 6.76. The summed E-state index contributed by atoms with van der Waals surface area (Å²) in [5.41, 5.74) is 0.0977. The number of hydrogen-bond donors (Lipinski definition) is 1. The SMILES string of the molecule is CN1CCCC1CN(C)C1CCC(C)(C)C1O. The number of hydrogen-bond acceptors (Lipinski definition) is 3. The lowest BCUT2D eigenvalue weighted by Gasteiger charge is -2.34. The number of nitrogens with zero attached hydrogens (tertiary/aromatic N) is 2. The van der Waals surface area contributed by atoms with E-state index in [4.69, 9.17) is 0 Å². The summed E-state index contributed by atoms with van der Waals surface area (Å²) in [4.78, 5) is 4.86. The van der Waals surface area contributed by atoms with Gasteiger partial charge in [0.15, 0.2) is 0 Å². The standard InChI is InChI=1S/C14H28N2O/c1-14(2)8-7-12(13(14)17)16(4)10-11-6-5-9-15(11)3/h11-13,17H,5-10H2,1-4H3. The first-order valence-electron chi connectivity index (χ1n) is 7.00. The molecule has 0 bridgehead atoms. The zero-order chi connectivity index (χ0) is 12.6. The summed E-state index contributed by atoms with van der Waals surface area (Å²) in [6.07, 6.45) is 4.75. The highest BCUT2D eigenvalue weighted by atomic mass is 16.3. The van der Waals surface area contributed by atoms with E-state index >= 15 is 0 Å². The number of aliphatic hydroxyl groups excluding tert-OH is 1. The van der Waals surface area contributed by atoms with Crippen molar-refractivity contribution in [2.45, 2.75) is 57.7 Å². The van der Waals surface area contributed by atoms with E-state index in [1.807, 2.05) is 0 Å². The molecule has 1 heterocycles. The molecule has 3 heteroatoms. The summed E-state index contributed by atoms with van der Waals surface area (Å²) in [6.45, 7) is 6.71. The van der Waals surface area contributed by atoms with Crippen LogP contribution in [0.3, 0.4) is 0 Å². The molecule has 1 aliphatic carbocycles. The second-order valence-electron chi connectivity index (χ2n) is 6.76. The van der Waals surface area contributed by atoms with Crippen molar-refractivity contribution in [2.24, 2.45) is 5.41 Å². The fraction of sp³-hybridized carbons (Fsp3) is 1.00. The van der Waals surface area contributed by atoms with E-state index in [1.54, 1.807) is 0 Å². The molecule has 2 rings (SSSR count). The van der Waals surface area contributed by atoms with Gasteiger partial charge in [0.25, 0.3) is 0 Å². The largest absolute Gasteiger partial charge is 0.391 e. The normalized spacial score (nSPS) is 38.1. The van der Waals surface area contributed by atoms with Crippen molar-refractivity contribution in [3.05, 3.63) is 0 Å². The zero-order valence-corrected chi connectivity index (χ0v) is 11.8. The van der Waals surface area contributed by atoms with Gasteiger partial charge in [-0.2, -0.15) is 0 Å². The maximum absolute atomic E-state index is 10.4. The molecule has 2 aliphatic rings. The van der Waals surface area contributed by atoms with Crippen molar-refractivity contribution >= 4 is 0 Å². The minimum absolute atomic E-state index is 0.0977. The van der Waals surface area contributed by atoms with Gasteiger partial charge < -0.3 is 10.0 Å². The molecule has 2 fully saturated rings. The van der Waals surface area contributed by atoms with Gasteiger partial charge in [-0.05, 0) is 51.7 Å². The quantitative estimate of drug-likeness (QED) is 0.811. The van der Waals surface area contributed by atoms with Crippen LogP contribution in [0.5, 0.6) is 0 Å². The summed E-state index contributed by atoms with van der Waals surface area (Å²) >= 11 is 0. The van der Waals surface area contributed by atoms with Crippen molar-refractivity contribution in [3.8, 4) is 0 Å². The zero-order valence-electron chi connectivity index (χ0n) is 11.8. The Morgan fingerprint density at radius 2 is 2.06 bits per heavy atom. The molecule has 1 aliphatic heterocycles. The lowest BCUT2D eigenvalue weighted by atomic mass is 9.88. The topological polar surface area (TPSA) is 26.7 Å². The van der Waals surface area contributed by atoms with E-state index in [-0.39, 0.29) is 11.5 Å². The Kier molecular flexibility index (Phi) is 3.81. The molecule has 0 amide bonds. The number of likely N-dealkylation sites (tertiary alicyclic amines) is 1. The molecule has 0 aromatic carbocycles. The lowest BCUT2D eigenvalue weighted by Crippen LogP contribution is -2.46. The number of rotatable bonds is 3. The van der Waals surface area contributed by atoms with Crippen LogP contribution in [0.25, 0.3) is 0 Å². The van der Waals surface area contributed by atoms with Crippen molar-refractivity contribution in [3.63, 3.8) is 0 Å². The number of likely N-dealkylation sites (N-methyl/N-ethyl adjacent to an activating group) is 2. The van der Waals surface area contributed by atoms with Crippen LogP contribution < -0.4 is 0 Å². The average Bonchev–Trinajstić information content (AvgIpc) is 2.74. The van der Waals surface area contributed by atoms with Crippen LogP contribution in [0.2, 0.25) is 0 Å². The van der Waals surface area contributed by atoms with Gasteiger partial charge in [0.2, 0.25) is 0 Å². The average molecular weight is 240 g/mol. The maximum Gasteiger partial charge on any atom is 0.0746 e. The molecule has 1 saturated heterocycles. The molecule has 100 valence electrons. The van der Waals surface area contributed by atoms with Crippen molar-refractivity contribution in [1.29, 1.82) is 0 Å². The van der Waals surface area contributed by atoms with E-state index < -0.39 is 0 Å². The Morgan fingerprint density at radius 3 is 2.53 bits per heavy atom. The summed E-state index contributed by atoms with van der Waals surface area (Å²) in [5.74, 6) is 0. The van der Waals surface area contributed by atoms with Gasteiger partial charge in [-0.15, -0.1) is 0 Å². The second kappa shape index (κ2) is 4.87. The third-order valence-electron chi connectivity index (χ3n) is 4.99. The van der Waals surface area contributed by atoms with E-state index in [2.05, 4.69) is 37.7 Å². The van der Waals surface area contributed by atoms with Crippen LogP contribution in [0.15, 0.2) is 0 Å². The Hall–Kier alpha value is -0.120. The molecule has 3 atom stereocenters. The fourth-order valence-electron chi connectivity index (χ4n) is 3.49. The highest BCUT2D eigenvalue weighted by molar-refractivity contribution is 4.96. The minimum atomic E-state index is -0.167. The first-order valence-corrected chi connectivity index (χ1v) is 7.00. The lowest BCUT2D eigenvalue weighted by molar-refractivity contribution is 0.0176. The van der Waals surface area contributed by atoms with Gasteiger partial charge in [-0.1, -0.05) is 13.8 Å². The first kappa shape index (κ1) is 13.3. The van der Waals surface area contributed by atoms with Gasteiger partial charge in [-0.3, -0.25) is 4.90 Å². The van der Waals surface area contributed by atoms with Gasteiger partial charge in [0.05, 0.1) is 6.10 Å². The van der Waals surface area contributed by atoms with E-state index in [0.29, 0.717) is 12.1 Å². The molecule has 1 N–H and O–H groups in total. The predicted molar refractivity (Wildman–Crippen MR) is 71.1 cm³/mol. The molecule has 17 heavy (non-hydrogen) atoms. The van der Waals surface area contributed by atoms with Crippen LogP contribution in [0, 0.1) is 5.41 Å². The molecule has 1 saturated carbocycles. The third kappa shape index (κ3) is 2.67. The summed E-state index contributed by atoms with van der Waals surface area (Å²) in [7, 11) is 4.40. The van der Waals surface area contributed by atoms with E-state index in [1.165, 1.54) is 19.4 Å². The number of aliphatic hydroxyl groups is 1. The molecule has 3 nitrogen and oxygen atoms in total. The maximum atomic E-state index is 10.4. The van der Waals surface area contributed by atoms with E-state index in [0.717, 1.165) is 19.4 Å². The highest BCUT2D eigenvalue weighted by Gasteiger charge is 2.42. The molecule has 0 aromatic rings. The summed E-state index contributed by atoms with van der Waals surface area (Å²) in [5, 5.41) is 10.4. The molecule has 3 unspecified atom stereocenters.